The molecule has 0 radical (unpaired) electrons. The number of H-pyrrole nitrogens is 1. The lowest BCUT2D eigenvalue weighted by molar-refractivity contribution is 0.0959. The number of amides is 3. The fourth-order valence-electron chi connectivity index (χ4n) is 5.25. The van der Waals surface area contributed by atoms with Crippen molar-refractivity contribution in [3.63, 3.8) is 0 Å². The van der Waals surface area contributed by atoms with Gasteiger partial charge in [0.15, 0.2) is 0 Å². The van der Waals surface area contributed by atoms with Crippen LogP contribution in [0.4, 0.5) is 4.79 Å². The molecule has 2 aliphatic rings. The second kappa shape index (κ2) is 7.61. The summed E-state index contributed by atoms with van der Waals surface area (Å²) in [6.45, 7) is 1.49. The minimum absolute atomic E-state index is 0.338. The van der Waals surface area contributed by atoms with Gasteiger partial charge in [-0.15, -0.1) is 0 Å². The average Bonchev–Trinajstić information content (AvgIpc) is 3.18. The molecule has 2 aromatic carbocycles. The Morgan fingerprint density at radius 3 is 2.80 bits per heavy atom. The summed E-state index contributed by atoms with van der Waals surface area (Å²) in [4.78, 5) is 30.3. The van der Waals surface area contributed by atoms with Gasteiger partial charge in [0.05, 0.1) is 0 Å². The third-order valence-electron chi connectivity index (χ3n) is 6.63. The molecule has 0 bridgehead atoms. The number of nitrogens with one attached hydrogen (secondary N) is 3. The molecule has 5 rings (SSSR count). The van der Waals surface area contributed by atoms with Crippen LogP contribution in [0.1, 0.15) is 33.8 Å². The fraction of sp³-hybridized carbons (Fsp3) is 0.333. The molecule has 3 atom stereocenters. The van der Waals surface area contributed by atoms with Gasteiger partial charge in [0.25, 0.3) is 5.91 Å². The van der Waals surface area contributed by atoms with Gasteiger partial charge in [-0.2, -0.15) is 0 Å². The summed E-state index contributed by atoms with van der Waals surface area (Å²) in [5.41, 5.74) is 4.51. The van der Waals surface area contributed by atoms with Crippen molar-refractivity contribution < 1.29 is 9.59 Å². The Morgan fingerprint density at radius 2 is 1.97 bits per heavy atom. The van der Waals surface area contributed by atoms with Crippen LogP contribution in [0, 0.1) is 5.92 Å². The molecule has 1 aromatic heterocycles. The Morgan fingerprint density at radius 1 is 1.13 bits per heavy atom. The van der Waals surface area contributed by atoms with Gasteiger partial charge in [0.1, 0.15) is 0 Å². The van der Waals surface area contributed by atoms with E-state index in [0.717, 1.165) is 19.4 Å². The minimum atomic E-state index is -0.438. The second-order valence-electron chi connectivity index (χ2n) is 8.53. The van der Waals surface area contributed by atoms with Crippen molar-refractivity contribution in [2.24, 2.45) is 5.92 Å². The Kier molecular flexibility index (Phi) is 4.79. The highest BCUT2D eigenvalue weighted by Crippen LogP contribution is 2.44. The Hall–Kier alpha value is -3.12. The number of hydrogen-bond donors (Lipinski definition) is 3. The highest BCUT2D eigenvalue weighted by atomic mass is 16.2. The molecule has 6 heteroatoms. The van der Waals surface area contributed by atoms with Crippen LogP contribution in [0.15, 0.2) is 54.7 Å². The summed E-state index contributed by atoms with van der Waals surface area (Å²) in [7, 11) is 2.18. The molecule has 30 heavy (non-hydrogen) atoms. The van der Waals surface area contributed by atoms with Crippen molar-refractivity contribution in [2.75, 3.05) is 20.1 Å². The van der Waals surface area contributed by atoms with Crippen LogP contribution < -0.4 is 10.6 Å². The maximum atomic E-state index is 12.3. The average molecular weight is 402 g/mol. The molecule has 1 unspecified atom stereocenters. The van der Waals surface area contributed by atoms with Gasteiger partial charge in [-0.25, -0.2) is 4.79 Å². The third-order valence-corrected chi connectivity index (χ3v) is 6.63. The number of likely N-dealkylation sites (N-methyl/N-ethyl adjacent to an activating group) is 1. The number of imide groups is 1. The van der Waals surface area contributed by atoms with Crippen LogP contribution in [0.3, 0.4) is 0 Å². The number of carbonyl (C=O) groups excluding carboxylic acids is 2. The lowest BCUT2D eigenvalue weighted by Gasteiger charge is -2.45. The number of urea groups is 1. The SMILES string of the molecule is CN1CC(CNC(=O)NC(=O)c2ccccc2)C[C@H]2c3cccc4[nH]cc(c34)C[C@H]21. The van der Waals surface area contributed by atoms with Crippen LogP contribution in [0.5, 0.6) is 0 Å². The van der Waals surface area contributed by atoms with E-state index in [4.69, 9.17) is 0 Å². The Balaban J connectivity index is 1.25. The number of likely N-dealkylation sites (tertiary alicyclic amines) is 1. The number of rotatable bonds is 3. The minimum Gasteiger partial charge on any atom is -0.361 e. The highest BCUT2D eigenvalue weighted by molar-refractivity contribution is 6.04. The molecule has 1 saturated heterocycles. The lowest BCUT2D eigenvalue weighted by Crippen LogP contribution is -2.51. The molecule has 0 spiro atoms. The largest absolute Gasteiger partial charge is 0.361 e. The van der Waals surface area contributed by atoms with E-state index in [0.29, 0.717) is 30.0 Å². The summed E-state index contributed by atoms with van der Waals surface area (Å²) in [6.07, 6.45) is 4.25. The molecule has 1 aliphatic carbocycles. The smallest absolute Gasteiger partial charge is 0.321 e. The molecule has 3 aromatic rings. The number of hydrogen-bond acceptors (Lipinski definition) is 3. The van der Waals surface area contributed by atoms with E-state index < -0.39 is 6.03 Å². The molecule has 2 heterocycles. The Labute approximate surface area is 175 Å². The van der Waals surface area contributed by atoms with Gasteiger partial charge in [-0.1, -0.05) is 30.3 Å². The van der Waals surface area contributed by atoms with E-state index in [1.165, 1.54) is 22.0 Å². The van der Waals surface area contributed by atoms with Crippen molar-refractivity contribution in [3.05, 3.63) is 71.4 Å². The molecule has 154 valence electrons. The third kappa shape index (κ3) is 3.37. The molecule has 3 N–H and O–H groups in total. The van der Waals surface area contributed by atoms with Crippen LogP contribution in [-0.2, 0) is 6.42 Å². The van der Waals surface area contributed by atoms with E-state index in [-0.39, 0.29) is 5.91 Å². The quantitative estimate of drug-likeness (QED) is 0.629. The normalized spacial score (nSPS) is 23.0. The van der Waals surface area contributed by atoms with Crippen LogP contribution in [0.2, 0.25) is 0 Å². The van der Waals surface area contributed by atoms with Crippen molar-refractivity contribution in [3.8, 4) is 0 Å². The maximum Gasteiger partial charge on any atom is 0.321 e. The molecule has 0 saturated carbocycles. The first-order valence-electron chi connectivity index (χ1n) is 10.5. The topological polar surface area (TPSA) is 77.2 Å². The lowest BCUT2D eigenvalue weighted by atomic mass is 9.72. The molecule has 6 nitrogen and oxygen atoms in total. The second-order valence-corrected chi connectivity index (χ2v) is 8.53. The summed E-state index contributed by atoms with van der Waals surface area (Å²) in [6, 6.07) is 15.4. The van der Waals surface area contributed by atoms with Crippen LogP contribution in [-0.4, -0.2) is 48.0 Å². The molecular formula is C24H26N4O2. The highest BCUT2D eigenvalue weighted by Gasteiger charge is 2.39. The molecule has 1 aliphatic heterocycles. The molecular weight excluding hydrogens is 376 g/mol. The number of aromatic amines is 1. The van der Waals surface area contributed by atoms with E-state index in [1.54, 1.807) is 24.3 Å². The van der Waals surface area contributed by atoms with E-state index in [2.05, 4.69) is 52.0 Å². The van der Waals surface area contributed by atoms with Gasteiger partial charge >= 0.3 is 6.03 Å². The summed E-state index contributed by atoms with van der Waals surface area (Å²) in [5, 5.41) is 6.71. The van der Waals surface area contributed by atoms with Crippen LogP contribution >= 0.6 is 0 Å². The summed E-state index contributed by atoms with van der Waals surface area (Å²) in [5.74, 6) is 0.411. The van der Waals surface area contributed by atoms with Gasteiger partial charge < -0.3 is 15.2 Å². The Bertz CT molecular complexity index is 1090. The number of piperidine rings is 1. The van der Waals surface area contributed by atoms with E-state index in [9.17, 15) is 9.59 Å². The number of benzene rings is 2. The zero-order chi connectivity index (χ0) is 20.7. The predicted octanol–water partition coefficient (Wildman–Crippen LogP) is 3.27. The summed E-state index contributed by atoms with van der Waals surface area (Å²) >= 11 is 0. The van der Waals surface area contributed by atoms with E-state index in [1.807, 2.05) is 6.07 Å². The van der Waals surface area contributed by atoms with Gasteiger partial charge in [0, 0.05) is 47.7 Å². The standard InChI is InChI=1S/C24H26N4O2/c1-28-14-15(12-26-24(30)27-23(29)16-6-3-2-4-7-16)10-19-18-8-5-9-20-22(18)17(13-25-20)11-21(19)28/h2-9,13,15,19,21,25H,10-12,14H2,1H3,(H2,26,27,29,30)/t15?,19-,21+/m0/s1. The van der Waals surface area contributed by atoms with Gasteiger partial charge in [0.2, 0.25) is 0 Å². The van der Waals surface area contributed by atoms with Crippen LogP contribution in [0.25, 0.3) is 10.9 Å². The van der Waals surface area contributed by atoms with Crippen molar-refractivity contribution in [2.45, 2.75) is 24.8 Å². The van der Waals surface area contributed by atoms with Crippen molar-refractivity contribution in [1.82, 2.24) is 20.5 Å². The number of fused-ring (bicyclic) bond motifs is 2. The number of carbonyl (C=O) groups is 2. The van der Waals surface area contributed by atoms with Crippen molar-refractivity contribution in [1.29, 1.82) is 0 Å². The molecule has 3 amide bonds. The first-order valence-corrected chi connectivity index (χ1v) is 10.5. The predicted molar refractivity (Wildman–Crippen MR) is 117 cm³/mol. The summed E-state index contributed by atoms with van der Waals surface area (Å²) < 4.78 is 0. The zero-order valence-corrected chi connectivity index (χ0v) is 17.0. The van der Waals surface area contributed by atoms with Gasteiger partial charge in [-0.3, -0.25) is 10.1 Å². The molecule has 1 fully saturated rings. The van der Waals surface area contributed by atoms with Gasteiger partial charge in [-0.05, 0) is 55.1 Å². The zero-order valence-electron chi connectivity index (χ0n) is 17.0. The first kappa shape index (κ1) is 18.9. The number of aromatic nitrogens is 1. The first-order chi connectivity index (χ1) is 14.6. The monoisotopic (exact) mass is 402 g/mol. The number of nitrogens with zero attached hydrogens (tertiary/aromatic N) is 1. The maximum absolute atomic E-state index is 12.3. The fourth-order valence-corrected chi connectivity index (χ4v) is 5.25. The van der Waals surface area contributed by atoms with E-state index >= 15 is 0 Å². The van der Waals surface area contributed by atoms with Crippen molar-refractivity contribution >= 4 is 22.8 Å².